The highest BCUT2D eigenvalue weighted by Crippen LogP contribution is 2.26. The fraction of sp³-hybridized carbons (Fsp3) is 0.375. The van der Waals surface area contributed by atoms with Crippen LogP contribution in [0.15, 0.2) is 22.7 Å². The minimum Gasteiger partial charge on any atom is -0.501 e. The number of nitrogens with one attached hydrogen (secondary N) is 1. The van der Waals surface area contributed by atoms with Crippen LogP contribution >= 0.6 is 11.3 Å². The monoisotopic (exact) mass is 197 g/mol. The maximum absolute atomic E-state index is 5.46. The van der Waals surface area contributed by atoms with Crippen LogP contribution in [0.5, 0.6) is 0 Å². The highest BCUT2D eigenvalue weighted by atomic mass is 32.1. The number of nitrogens with two attached hydrogens (primary N) is 1. The Labute approximate surface area is 80.4 Å². The third-order valence-electron chi connectivity index (χ3n) is 2.03. The Bertz CT molecular complexity index is 296. The third kappa shape index (κ3) is 1.72. The average molecular weight is 197 g/mol. The summed E-state index contributed by atoms with van der Waals surface area (Å²) in [5.41, 5.74) is 6.67. The zero-order chi connectivity index (χ0) is 9.10. The smallest absolute Gasteiger partial charge is 0.0912 e. The summed E-state index contributed by atoms with van der Waals surface area (Å²) in [5, 5.41) is 1.99. The fourth-order valence-corrected chi connectivity index (χ4v) is 1.94. The van der Waals surface area contributed by atoms with E-state index >= 15 is 0 Å². The van der Waals surface area contributed by atoms with E-state index < -0.39 is 0 Å². The van der Waals surface area contributed by atoms with Crippen molar-refractivity contribution in [1.82, 2.24) is 10.4 Å². The number of nitrogens with zero attached hydrogens (tertiary/aromatic N) is 1. The maximum Gasteiger partial charge on any atom is 0.0912 e. The second kappa shape index (κ2) is 3.87. The number of rotatable bonds is 3. The Kier molecular flexibility index (Phi) is 2.58. The molecule has 13 heavy (non-hydrogen) atoms. The van der Waals surface area contributed by atoms with Gasteiger partial charge in [0.25, 0.3) is 0 Å². The summed E-state index contributed by atoms with van der Waals surface area (Å²) in [6, 6.07) is 0.00810. The number of ether oxygens (including phenoxy) is 1. The largest absolute Gasteiger partial charge is 0.501 e. The molecule has 0 bridgehead atoms. The molecule has 0 aromatic carbocycles. The van der Waals surface area contributed by atoms with Gasteiger partial charge in [-0.1, -0.05) is 0 Å². The van der Waals surface area contributed by atoms with Crippen molar-refractivity contribution < 1.29 is 4.74 Å². The van der Waals surface area contributed by atoms with Crippen molar-refractivity contribution in [1.29, 1.82) is 0 Å². The summed E-state index contributed by atoms with van der Waals surface area (Å²) in [6.45, 7) is 0.748. The molecule has 0 spiro atoms. The topological polar surface area (TPSA) is 60.2 Å². The zero-order valence-corrected chi connectivity index (χ0v) is 7.88. The normalized spacial score (nSPS) is 18.1. The molecule has 5 heteroatoms. The van der Waals surface area contributed by atoms with E-state index in [1.165, 1.54) is 0 Å². The summed E-state index contributed by atoms with van der Waals surface area (Å²) in [6.07, 6.45) is 2.69. The lowest BCUT2D eigenvalue weighted by molar-refractivity contribution is 0.281. The fourth-order valence-electron chi connectivity index (χ4n) is 1.36. The molecule has 1 aliphatic rings. The van der Waals surface area contributed by atoms with Gasteiger partial charge in [0.2, 0.25) is 0 Å². The maximum atomic E-state index is 5.46. The molecule has 0 saturated carbocycles. The van der Waals surface area contributed by atoms with E-state index in [1.807, 2.05) is 5.38 Å². The highest BCUT2D eigenvalue weighted by Gasteiger charge is 2.19. The van der Waals surface area contributed by atoms with E-state index in [0.29, 0.717) is 0 Å². The van der Waals surface area contributed by atoms with Crippen LogP contribution in [0.3, 0.4) is 0 Å². The molecule has 1 aromatic heterocycles. The molecule has 0 radical (unpaired) electrons. The Morgan fingerprint density at radius 2 is 2.62 bits per heavy atom. The molecule has 1 unspecified atom stereocenters. The Morgan fingerprint density at radius 1 is 1.69 bits per heavy atom. The van der Waals surface area contributed by atoms with Crippen LogP contribution in [-0.4, -0.2) is 11.6 Å². The van der Waals surface area contributed by atoms with Gasteiger partial charge in [0.1, 0.15) is 0 Å². The summed E-state index contributed by atoms with van der Waals surface area (Å²) < 4.78 is 5.16. The number of hydrazine groups is 1. The van der Waals surface area contributed by atoms with Gasteiger partial charge in [0.15, 0.2) is 0 Å². The van der Waals surface area contributed by atoms with Crippen molar-refractivity contribution in [2.75, 3.05) is 6.61 Å². The van der Waals surface area contributed by atoms with Gasteiger partial charge < -0.3 is 4.74 Å². The van der Waals surface area contributed by atoms with Crippen LogP contribution in [0.4, 0.5) is 0 Å². The molecular weight excluding hydrogens is 186 g/mol. The van der Waals surface area contributed by atoms with Crippen molar-refractivity contribution in [3.63, 3.8) is 0 Å². The van der Waals surface area contributed by atoms with Crippen molar-refractivity contribution in [3.05, 3.63) is 28.4 Å². The van der Waals surface area contributed by atoms with E-state index in [0.717, 1.165) is 24.3 Å². The van der Waals surface area contributed by atoms with Crippen LogP contribution in [0.1, 0.15) is 18.2 Å². The van der Waals surface area contributed by atoms with Crippen LogP contribution in [0.2, 0.25) is 0 Å². The second-order valence-electron chi connectivity index (χ2n) is 2.83. The van der Waals surface area contributed by atoms with Crippen molar-refractivity contribution >= 4 is 11.3 Å². The zero-order valence-electron chi connectivity index (χ0n) is 7.06. The Balaban J connectivity index is 2.18. The minimum atomic E-state index is 0.00810. The first kappa shape index (κ1) is 8.68. The summed E-state index contributed by atoms with van der Waals surface area (Å²) in [7, 11) is 0. The van der Waals surface area contributed by atoms with Gasteiger partial charge in [-0.3, -0.25) is 5.84 Å². The molecule has 3 N–H and O–H groups in total. The predicted octanol–water partition coefficient (Wildman–Crippen LogP) is 0.952. The molecule has 0 saturated heterocycles. The van der Waals surface area contributed by atoms with Gasteiger partial charge in [-0.25, -0.2) is 10.4 Å². The van der Waals surface area contributed by atoms with Gasteiger partial charge in [0, 0.05) is 11.8 Å². The van der Waals surface area contributed by atoms with E-state index in [1.54, 1.807) is 23.1 Å². The first-order valence-electron chi connectivity index (χ1n) is 4.06. The number of aromatic nitrogens is 1. The first-order valence-corrected chi connectivity index (χ1v) is 5.01. The second-order valence-corrected chi connectivity index (χ2v) is 3.55. The van der Waals surface area contributed by atoms with Crippen molar-refractivity contribution in [3.8, 4) is 0 Å². The van der Waals surface area contributed by atoms with Crippen LogP contribution < -0.4 is 11.3 Å². The molecular formula is C8H11N3OS. The molecule has 4 nitrogen and oxygen atoms in total. The number of hydrogen-bond donors (Lipinski definition) is 2. The Morgan fingerprint density at radius 3 is 3.15 bits per heavy atom. The third-order valence-corrected chi connectivity index (χ3v) is 2.63. The molecule has 0 amide bonds. The number of hydrogen-bond acceptors (Lipinski definition) is 5. The lowest BCUT2D eigenvalue weighted by Gasteiger charge is -2.12. The van der Waals surface area contributed by atoms with E-state index in [4.69, 9.17) is 10.6 Å². The van der Waals surface area contributed by atoms with Gasteiger partial charge in [-0.2, -0.15) is 0 Å². The molecule has 0 fully saturated rings. The van der Waals surface area contributed by atoms with Crippen LogP contribution in [0, 0.1) is 0 Å². The van der Waals surface area contributed by atoms with Crippen LogP contribution in [-0.2, 0) is 4.74 Å². The summed E-state index contributed by atoms with van der Waals surface area (Å²) in [5.74, 6) is 5.46. The lowest BCUT2D eigenvalue weighted by atomic mass is 10.1. The first-order chi connectivity index (χ1) is 6.42. The quantitative estimate of drug-likeness (QED) is 0.559. The van der Waals surface area contributed by atoms with Gasteiger partial charge in [0.05, 0.1) is 30.1 Å². The Hall–Kier alpha value is -0.910. The van der Waals surface area contributed by atoms with Crippen LogP contribution in [0.25, 0.3) is 0 Å². The van der Waals surface area contributed by atoms with Gasteiger partial charge in [-0.15, -0.1) is 11.3 Å². The average Bonchev–Trinajstić information content (AvgIpc) is 2.76. The predicted molar refractivity (Wildman–Crippen MR) is 50.8 cm³/mol. The summed E-state index contributed by atoms with van der Waals surface area (Å²) >= 11 is 1.57. The van der Waals surface area contributed by atoms with E-state index in [2.05, 4.69) is 10.4 Å². The van der Waals surface area contributed by atoms with Gasteiger partial charge in [-0.05, 0) is 5.57 Å². The van der Waals surface area contributed by atoms with E-state index in [9.17, 15) is 0 Å². The number of thiazole rings is 1. The molecule has 1 aromatic rings. The lowest BCUT2D eigenvalue weighted by Crippen LogP contribution is -2.29. The SMILES string of the molecule is NNC(C1=COCC1)c1cscn1. The molecule has 1 aliphatic heterocycles. The highest BCUT2D eigenvalue weighted by molar-refractivity contribution is 7.07. The summed E-state index contributed by atoms with van der Waals surface area (Å²) in [4.78, 5) is 4.21. The van der Waals surface area contributed by atoms with Crippen molar-refractivity contribution in [2.45, 2.75) is 12.5 Å². The standard InChI is InChI=1S/C8H11N3OS/c9-11-8(6-1-2-12-3-6)7-4-13-5-10-7/h3-5,8,11H,1-2,9H2. The van der Waals surface area contributed by atoms with E-state index in [-0.39, 0.29) is 6.04 Å². The molecule has 70 valence electrons. The van der Waals surface area contributed by atoms with Gasteiger partial charge >= 0.3 is 0 Å². The van der Waals surface area contributed by atoms with Crippen molar-refractivity contribution in [2.24, 2.45) is 5.84 Å². The molecule has 1 atom stereocenters. The molecule has 2 rings (SSSR count). The minimum absolute atomic E-state index is 0.00810. The molecule has 0 aliphatic carbocycles. The molecule has 2 heterocycles.